The van der Waals surface area contributed by atoms with Crippen molar-refractivity contribution < 1.29 is 58.5 Å². The molecular formula is C10H19N5NaO12P2. The van der Waals surface area contributed by atoms with Crippen molar-refractivity contribution in [1.82, 2.24) is 19.5 Å². The van der Waals surface area contributed by atoms with Crippen LogP contribution < -0.4 is 5.73 Å². The van der Waals surface area contributed by atoms with Crippen LogP contribution in [-0.4, -0.2) is 110 Å². The Hall–Kier alpha value is -0.590. The summed E-state index contributed by atoms with van der Waals surface area (Å²) in [7, 11) is -10.4. The summed E-state index contributed by atoms with van der Waals surface area (Å²) in [5.74, 6) is 0.0856. The first-order valence-electron chi connectivity index (χ1n) is 7.17. The fourth-order valence-electron chi connectivity index (χ4n) is 2.48. The SMILES string of the molecule is Nc1ncnc2c1ncn2[C@@H]1O[C@H](COP(=O)(O)OP(=O)(O)O)[C@@H](O)[C@H]1O.O.O.[Na]. The number of hydrogen-bond donors (Lipinski definition) is 6. The number of aliphatic hydroxyl groups excluding tert-OH is 2. The zero-order valence-corrected chi connectivity index (χ0v) is 19.0. The number of nitrogens with zero attached hydrogens (tertiary/aromatic N) is 4. The molecule has 5 atom stereocenters. The maximum Gasteiger partial charge on any atom is 0.481 e. The first-order chi connectivity index (χ1) is 12.5. The topological polar surface area (TPSA) is 296 Å². The van der Waals surface area contributed by atoms with Gasteiger partial charge >= 0.3 is 15.6 Å². The van der Waals surface area contributed by atoms with Gasteiger partial charge in [0, 0.05) is 29.6 Å². The van der Waals surface area contributed by atoms with Gasteiger partial charge in [0.15, 0.2) is 17.7 Å². The second kappa shape index (κ2) is 10.8. The minimum atomic E-state index is -5.29. The van der Waals surface area contributed by atoms with Crippen molar-refractivity contribution >= 4 is 62.2 Å². The molecule has 1 saturated heterocycles. The molecule has 30 heavy (non-hydrogen) atoms. The van der Waals surface area contributed by atoms with E-state index in [0.29, 0.717) is 0 Å². The zero-order chi connectivity index (χ0) is 20.0. The van der Waals surface area contributed by atoms with Crippen LogP contribution in [0.4, 0.5) is 5.82 Å². The van der Waals surface area contributed by atoms with Gasteiger partial charge in [-0.2, -0.15) is 4.31 Å². The number of rotatable bonds is 6. The van der Waals surface area contributed by atoms with Gasteiger partial charge in [-0.25, -0.2) is 24.1 Å². The van der Waals surface area contributed by atoms with Crippen LogP contribution in [0.25, 0.3) is 11.2 Å². The molecule has 20 heteroatoms. The molecule has 0 amide bonds. The second-order valence-corrected chi connectivity index (χ2v) is 8.30. The number of hydrogen-bond acceptors (Lipinski definition) is 11. The van der Waals surface area contributed by atoms with Crippen LogP contribution in [0.1, 0.15) is 6.23 Å². The fourth-order valence-corrected chi connectivity index (χ4v) is 4.08. The molecule has 3 rings (SSSR count). The normalized spacial score (nSPS) is 25.6. The maximum atomic E-state index is 11.5. The summed E-state index contributed by atoms with van der Waals surface area (Å²) >= 11 is 0. The van der Waals surface area contributed by atoms with Gasteiger partial charge in [-0.1, -0.05) is 0 Å². The molecule has 1 radical (unpaired) electrons. The summed E-state index contributed by atoms with van der Waals surface area (Å²) in [6.07, 6.45) is -3.20. The molecule has 0 saturated carbocycles. The molecule has 0 bridgehead atoms. The number of anilines is 1. The molecule has 17 nitrogen and oxygen atoms in total. The Kier molecular flexibility index (Phi) is 10.6. The van der Waals surface area contributed by atoms with E-state index in [9.17, 15) is 24.2 Å². The average molecular weight is 486 g/mol. The van der Waals surface area contributed by atoms with Gasteiger partial charge in [0.1, 0.15) is 30.2 Å². The molecule has 1 aliphatic heterocycles. The van der Waals surface area contributed by atoms with Crippen molar-refractivity contribution in [2.24, 2.45) is 0 Å². The number of fused-ring (bicyclic) bond motifs is 1. The van der Waals surface area contributed by atoms with Gasteiger partial charge in [-0.15, -0.1) is 0 Å². The molecule has 11 N–H and O–H groups in total. The number of nitrogen functional groups attached to an aromatic ring is 1. The minimum absolute atomic E-state index is 0. The van der Waals surface area contributed by atoms with Crippen LogP contribution in [0, 0.1) is 0 Å². The van der Waals surface area contributed by atoms with Gasteiger partial charge in [0.05, 0.1) is 12.9 Å². The van der Waals surface area contributed by atoms with E-state index in [1.165, 1.54) is 10.9 Å². The number of aromatic nitrogens is 4. The largest absolute Gasteiger partial charge is 0.481 e. The smallest absolute Gasteiger partial charge is 0.412 e. The second-order valence-electron chi connectivity index (χ2n) is 5.47. The Balaban J connectivity index is 0.00000280. The quantitative estimate of drug-likeness (QED) is 0.169. The van der Waals surface area contributed by atoms with Crippen molar-refractivity contribution in [2.45, 2.75) is 24.5 Å². The number of aliphatic hydroxyl groups is 2. The summed E-state index contributed by atoms with van der Waals surface area (Å²) in [4.78, 5) is 38.1. The molecule has 167 valence electrons. The summed E-state index contributed by atoms with van der Waals surface area (Å²) in [6, 6.07) is 0. The number of imidazole rings is 1. The van der Waals surface area contributed by atoms with Crippen LogP contribution in [0.2, 0.25) is 0 Å². The van der Waals surface area contributed by atoms with Crippen molar-refractivity contribution in [3.05, 3.63) is 12.7 Å². The van der Waals surface area contributed by atoms with Crippen LogP contribution in [0.5, 0.6) is 0 Å². The Bertz CT molecular complexity index is 941. The van der Waals surface area contributed by atoms with E-state index in [-0.39, 0.29) is 57.5 Å². The summed E-state index contributed by atoms with van der Waals surface area (Å²) in [5.41, 5.74) is 6.11. The van der Waals surface area contributed by atoms with Crippen molar-refractivity contribution in [1.29, 1.82) is 0 Å². The average Bonchev–Trinajstić information content (AvgIpc) is 3.07. The van der Waals surface area contributed by atoms with E-state index >= 15 is 0 Å². The Labute approximate surface area is 189 Å². The van der Waals surface area contributed by atoms with Crippen LogP contribution >= 0.6 is 15.6 Å². The third-order valence-electron chi connectivity index (χ3n) is 3.61. The Morgan fingerprint density at radius 2 is 1.77 bits per heavy atom. The number of phosphoric acid groups is 2. The summed E-state index contributed by atoms with van der Waals surface area (Å²) < 4.78 is 36.8. The molecule has 1 aliphatic rings. The van der Waals surface area contributed by atoms with Gasteiger partial charge in [0.2, 0.25) is 0 Å². The molecule has 2 aromatic heterocycles. The monoisotopic (exact) mass is 486 g/mol. The molecule has 2 aromatic rings. The Morgan fingerprint density at radius 1 is 1.13 bits per heavy atom. The van der Waals surface area contributed by atoms with E-state index in [2.05, 4.69) is 23.8 Å². The third-order valence-corrected chi connectivity index (χ3v) is 5.76. The van der Waals surface area contributed by atoms with Crippen molar-refractivity contribution in [3.63, 3.8) is 0 Å². The first-order valence-corrected chi connectivity index (χ1v) is 10.2. The Morgan fingerprint density at radius 3 is 2.37 bits per heavy atom. The van der Waals surface area contributed by atoms with E-state index in [0.717, 1.165) is 6.33 Å². The first kappa shape index (κ1) is 29.4. The van der Waals surface area contributed by atoms with E-state index in [1.54, 1.807) is 0 Å². The number of phosphoric ester groups is 1. The maximum absolute atomic E-state index is 11.5. The fraction of sp³-hybridized carbons (Fsp3) is 0.500. The summed E-state index contributed by atoms with van der Waals surface area (Å²) in [6.45, 7) is -0.813. The molecular weight excluding hydrogens is 467 g/mol. The van der Waals surface area contributed by atoms with Gasteiger partial charge < -0.3 is 46.3 Å². The summed E-state index contributed by atoms with van der Waals surface area (Å²) in [5, 5.41) is 20.3. The van der Waals surface area contributed by atoms with Crippen molar-refractivity contribution in [2.75, 3.05) is 12.3 Å². The number of ether oxygens (including phenoxy) is 1. The molecule has 1 fully saturated rings. The van der Waals surface area contributed by atoms with Gasteiger partial charge in [-0.05, 0) is 0 Å². The molecule has 3 heterocycles. The molecule has 0 aliphatic carbocycles. The van der Waals surface area contributed by atoms with E-state index in [4.69, 9.17) is 20.3 Å². The molecule has 0 aromatic carbocycles. The van der Waals surface area contributed by atoms with Crippen LogP contribution in [0.3, 0.4) is 0 Å². The third kappa shape index (κ3) is 6.46. The molecule has 1 unspecified atom stereocenters. The molecule has 0 spiro atoms. The van der Waals surface area contributed by atoms with Crippen LogP contribution in [-0.2, 0) is 22.7 Å². The predicted molar refractivity (Wildman–Crippen MR) is 97.5 cm³/mol. The van der Waals surface area contributed by atoms with E-state index in [1.807, 2.05) is 0 Å². The van der Waals surface area contributed by atoms with E-state index < -0.39 is 46.8 Å². The standard InChI is InChI=1S/C10H15N5O10P2.Na.2H2O/c11-8-5-9(13-2-12-8)15(3-14-5)10-7(17)6(16)4(24-10)1-23-27(21,22)25-26(18,19)20;;;/h2-4,6-7,10,16-17H,1H2,(H,21,22)(H2,11,12,13)(H2,18,19,20);;2*1H2/t4-,6-,7-,10-;;;/m1.../s1. The predicted octanol–water partition coefficient (Wildman–Crippen LogP) is -3.78. The van der Waals surface area contributed by atoms with Crippen molar-refractivity contribution in [3.8, 4) is 0 Å². The minimum Gasteiger partial charge on any atom is -0.412 e. The van der Waals surface area contributed by atoms with Gasteiger partial charge in [-0.3, -0.25) is 9.09 Å². The van der Waals surface area contributed by atoms with Gasteiger partial charge in [0.25, 0.3) is 0 Å². The zero-order valence-electron chi connectivity index (χ0n) is 15.2. The van der Waals surface area contributed by atoms with Crippen LogP contribution in [0.15, 0.2) is 12.7 Å². The number of nitrogens with two attached hydrogens (primary N) is 1.